The quantitative estimate of drug-likeness (QED) is 0.859. The van der Waals surface area contributed by atoms with Crippen molar-refractivity contribution in [3.63, 3.8) is 0 Å². The van der Waals surface area contributed by atoms with Crippen LogP contribution in [0.4, 0.5) is 0 Å². The average Bonchev–Trinajstić information content (AvgIpc) is 3.39. The molecular formula is C18H18BrNO3. The van der Waals surface area contributed by atoms with E-state index in [0.29, 0.717) is 12.1 Å². The molecule has 0 saturated heterocycles. The zero-order chi connectivity index (χ0) is 16.4. The highest BCUT2D eigenvalue weighted by Gasteiger charge is 2.34. The van der Waals surface area contributed by atoms with Gasteiger partial charge in [0.25, 0.3) is 5.91 Å². The second-order valence-electron chi connectivity index (χ2n) is 5.67. The van der Waals surface area contributed by atoms with E-state index in [4.69, 9.17) is 4.74 Å². The summed E-state index contributed by atoms with van der Waals surface area (Å²) in [6.07, 6.45) is 2.02. The number of hydrogen-bond donors (Lipinski definition) is 1. The summed E-state index contributed by atoms with van der Waals surface area (Å²) in [6, 6.07) is 12.9. The lowest BCUT2D eigenvalue weighted by Crippen LogP contribution is -2.32. The van der Waals surface area contributed by atoms with Crippen LogP contribution in [0, 0.1) is 0 Å². The van der Waals surface area contributed by atoms with E-state index in [2.05, 4.69) is 15.9 Å². The lowest BCUT2D eigenvalue weighted by Gasteiger charge is -2.23. The maximum Gasteiger partial charge on any atom is 0.258 e. The van der Waals surface area contributed by atoms with E-state index in [1.54, 1.807) is 19.2 Å². The van der Waals surface area contributed by atoms with Crippen molar-refractivity contribution < 1.29 is 14.6 Å². The first-order valence-corrected chi connectivity index (χ1v) is 8.30. The van der Waals surface area contributed by atoms with Gasteiger partial charge in [0.05, 0.1) is 12.7 Å². The molecule has 4 nitrogen and oxygen atoms in total. The van der Waals surface area contributed by atoms with Gasteiger partial charge in [-0.2, -0.15) is 0 Å². The third-order valence-electron chi connectivity index (χ3n) is 3.95. The molecule has 120 valence electrons. The van der Waals surface area contributed by atoms with Crippen LogP contribution < -0.4 is 4.74 Å². The number of phenols is 1. The molecule has 0 atom stereocenters. The third-order valence-corrected chi connectivity index (χ3v) is 4.44. The van der Waals surface area contributed by atoms with Gasteiger partial charge in [0.2, 0.25) is 0 Å². The van der Waals surface area contributed by atoms with Gasteiger partial charge in [-0.05, 0) is 48.7 Å². The molecule has 0 unspecified atom stereocenters. The molecule has 1 saturated carbocycles. The Morgan fingerprint density at radius 1 is 1.26 bits per heavy atom. The maximum absolute atomic E-state index is 12.8. The number of carbonyl (C=O) groups is 1. The standard InChI is InChI=1S/C18H18BrNO3/c1-23-15-7-2-12(3-8-15)11-20(14-5-6-14)18(22)16-10-13(19)4-9-17(16)21/h2-4,7-10,14,21H,5-6,11H2,1H3. The number of halogens is 1. The van der Waals surface area contributed by atoms with Crippen molar-refractivity contribution in [1.29, 1.82) is 0 Å². The van der Waals surface area contributed by atoms with Crippen LogP contribution in [-0.2, 0) is 6.54 Å². The summed E-state index contributed by atoms with van der Waals surface area (Å²) in [5, 5.41) is 10.0. The van der Waals surface area contributed by atoms with Gasteiger partial charge in [0.15, 0.2) is 0 Å². The van der Waals surface area contributed by atoms with Crippen molar-refractivity contribution in [1.82, 2.24) is 4.90 Å². The Balaban J connectivity index is 1.83. The average molecular weight is 376 g/mol. The first kappa shape index (κ1) is 15.9. The fourth-order valence-electron chi connectivity index (χ4n) is 2.51. The molecule has 0 bridgehead atoms. The number of methoxy groups -OCH3 is 1. The van der Waals surface area contributed by atoms with Crippen LogP contribution in [0.1, 0.15) is 28.8 Å². The molecule has 0 aliphatic heterocycles. The monoisotopic (exact) mass is 375 g/mol. The molecule has 0 radical (unpaired) electrons. The van der Waals surface area contributed by atoms with Crippen LogP contribution in [0.15, 0.2) is 46.9 Å². The molecule has 5 heteroatoms. The van der Waals surface area contributed by atoms with E-state index in [0.717, 1.165) is 28.6 Å². The lowest BCUT2D eigenvalue weighted by molar-refractivity contribution is 0.0727. The predicted molar refractivity (Wildman–Crippen MR) is 91.7 cm³/mol. The van der Waals surface area contributed by atoms with E-state index < -0.39 is 0 Å². The number of amides is 1. The zero-order valence-electron chi connectivity index (χ0n) is 12.8. The van der Waals surface area contributed by atoms with E-state index in [1.165, 1.54) is 6.07 Å². The minimum Gasteiger partial charge on any atom is -0.507 e. The SMILES string of the molecule is COc1ccc(CN(C(=O)c2cc(Br)ccc2O)C2CC2)cc1. The first-order valence-electron chi connectivity index (χ1n) is 7.51. The molecule has 0 aromatic heterocycles. The zero-order valence-corrected chi connectivity index (χ0v) is 14.4. The summed E-state index contributed by atoms with van der Waals surface area (Å²) in [4.78, 5) is 14.7. The second kappa shape index (κ2) is 6.62. The van der Waals surface area contributed by atoms with Crippen LogP contribution in [0.2, 0.25) is 0 Å². The Morgan fingerprint density at radius 2 is 1.96 bits per heavy atom. The molecule has 1 amide bonds. The molecule has 1 N–H and O–H groups in total. The number of carbonyl (C=O) groups excluding carboxylic acids is 1. The van der Waals surface area contributed by atoms with Crippen molar-refractivity contribution in [2.24, 2.45) is 0 Å². The Kier molecular flexibility index (Phi) is 4.57. The largest absolute Gasteiger partial charge is 0.507 e. The highest BCUT2D eigenvalue weighted by Crippen LogP contribution is 2.32. The Morgan fingerprint density at radius 3 is 2.57 bits per heavy atom. The van der Waals surface area contributed by atoms with Gasteiger partial charge >= 0.3 is 0 Å². The van der Waals surface area contributed by atoms with Gasteiger partial charge in [-0.15, -0.1) is 0 Å². The summed E-state index contributed by atoms with van der Waals surface area (Å²) < 4.78 is 5.94. The van der Waals surface area contributed by atoms with Crippen molar-refractivity contribution >= 4 is 21.8 Å². The fourth-order valence-corrected chi connectivity index (χ4v) is 2.88. The minimum absolute atomic E-state index is 0.0126. The summed E-state index contributed by atoms with van der Waals surface area (Å²) in [5.74, 6) is 0.670. The van der Waals surface area contributed by atoms with Gasteiger partial charge in [-0.3, -0.25) is 4.79 Å². The molecule has 2 aromatic rings. The maximum atomic E-state index is 12.8. The number of rotatable bonds is 5. The summed E-state index contributed by atoms with van der Waals surface area (Å²) in [5.41, 5.74) is 1.38. The van der Waals surface area contributed by atoms with Crippen LogP contribution in [0.3, 0.4) is 0 Å². The number of ether oxygens (including phenoxy) is 1. The van der Waals surface area contributed by atoms with Gasteiger partial charge in [0.1, 0.15) is 11.5 Å². The molecule has 0 spiro atoms. The smallest absolute Gasteiger partial charge is 0.258 e. The van der Waals surface area contributed by atoms with Gasteiger partial charge in [-0.25, -0.2) is 0 Å². The van der Waals surface area contributed by atoms with Crippen LogP contribution in [0.25, 0.3) is 0 Å². The molecule has 2 aromatic carbocycles. The number of aromatic hydroxyl groups is 1. The van der Waals surface area contributed by atoms with Crippen LogP contribution in [-0.4, -0.2) is 29.1 Å². The van der Waals surface area contributed by atoms with E-state index >= 15 is 0 Å². The molecule has 1 aliphatic rings. The number of phenolic OH excluding ortho intramolecular Hbond substituents is 1. The number of nitrogens with zero attached hydrogens (tertiary/aromatic N) is 1. The van der Waals surface area contributed by atoms with Gasteiger partial charge < -0.3 is 14.7 Å². The lowest BCUT2D eigenvalue weighted by atomic mass is 10.1. The van der Waals surface area contributed by atoms with E-state index in [1.807, 2.05) is 29.2 Å². The molecule has 0 heterocycles. The minimum atomic E-state index is -0.137. The topological polar surface area (TPSA) is 49.8 Å². The normalized spacial score (nSPS) is 13.7. The summed E-state index contributed by atoms with van der Waals surface area (Å²) >= 11 is 3.35. The predicted octanol–water partition coefficient (Wildman–Crippen LogP) is 3.97. The third kappa shape index (κ3) is 3.67. The molecule has 1 fully saturated rings. The van der Waals surface area contributed by atoms with Gasteiger partial charge in [0, 0.05) is 17.1 Å². The Labute approximate surface area is 143 Å². The number of benzene rings is 2. The van der Waals surface area contributed by atoms with Gasteiger partial charge in [-0.1, -0.05) is 28.1 Å². The van der Waals surface area contributed by atoms with Crippen molar-refractivity contribution in [2.45, 2.75) is 25.4 Å². The van der Waals surface area contributed by atoms with Crippen LogP contribution >= 0.6 is 15.9 Å². The molecule has 23 heavy (non-hydrogen) atoms. The Bertz CT molecular complexity index is 711. The first-order chi connectivity index (χ1) is 11.1. The number of hydrogen-bond acceptors (Lipinski definition) is 3. The molecule has 3 rings (SSSR count). The highest BCUT2D eigenvalue weighted by molar-refractivity contribution is 9.10. The van der Waals surface area contributed by atoms with E-state index in [-0.39, 0.29) is 17.7 Å². The fraction of sp³-hybridized carbons (Fsp3) is 0.278. The van der Waals surface area contributed by atoms with E-state index in [9.17, 15) is 9.90 Å². The van der Waals surface area contributed by atoms with Crippen LogP contribution in [0.5, 0.6) is 11.5 Å². The molecule has 1 aliphatic carbocycles. The molecular weight excluding hydrogens is 358 g/mol. The summed E-state index contributed by atoms with van der Waals surface area (Å²) in [6.45, 7) is 0.527. The second-order valence-corrected chi connectivity index (χ2v) is 6.59. The van der Waals surface area contributed by atoms with Crippen molar-refractivity contribution in [3.8, 4) is 11.5 Å². The van der Waals surface area contributed by atoms with Crippen molar-refractivity contribution in [3.05, 3.63) is 58.1 Å². The van der Waals surface area contributed by atoms with Crippen molar-refractivity contribution in [2.75, 3.05) is 7.11 Å². The highest BCUT2D eigenvalue weighted by atomic mass is 79.9. The Hall–Kier alpha value is -2.01. The summed E-state index contributed by atoms with van der Waals surface area (Å²) in [7, 11) is 1.63.